The van der Waals surface area contributed by atoms with Gasteiger partial charge in [0, 0.05) is 6.04 Å². The lowest BCUT2D eigenvalue weighted by atomic mass is 10.1. The van der Waals surface area contributed by atoms with E-state index in [4.69, 9.17) is 4.42 Å². The number of aromatic nitrogens is 3. The van der Waals surface area contributed by atoms with Gasteiger partial charge >= 0.3 is 0 Å². The second-order valence-electron chi connectivity index (χ2n) is 6.20. The number of nitrogens with zero attached hydrogens (tertiary/aromatic N) is 3. The number of rotatable bonds is 6. The number of benzene rings is 1. The Balaban J connectivity index is 1.41. The SMILES string of the molecule is CC(Cc1ccsc1)NC(=O)c1coc(Cn2cnc3ccccc32)n1. The van der Waals surface area contributed by atoms with Crippen LogP contribution in [-0.4, -0.2) is 26.5 Å². The van der Waals surface area contributed by atoms with Gasteiger partial charge in [-0.1, -0.05) is 12.1 Å². The van der Waals surface area contributed by atoms with Gasteiger partial charge in [-0.3, -0.25) is 4.79 Å². The summed E-state index contributed by atoms with van der Waals surface area (Å²) in [6, 6.07) is 9.95. The van der Waals surface area contributed by atoms with Gasteiger partial charge in [-0.25, -0.2) is 9.97 Å². The van der Waals surface area contributed by atoms with E-state index < -0.39 is 0 Å². The maximum absolute atomic E-state index is 12.4. The number of para-hydroxylation sites is 2. The van der Waals surface area contributed by atoms with Gasteiger partial charge in [-0.2, -0.15) is 11.3 Å². The van der Waals surface area contributed by atoms with Gasteiger partial charge in [0.05, 0.1) is 17.4 Å². The first-order valence-electron chi connectivity index (χ1n) is 8.35. The molecule has 7 heteroatoms. The zero-order valence-electron chi connectivity index (χ0n) is 14.3. The molecule has 1 N–H and O–H groups in total. The first kappa shape index (κ1) is 16.5. The average Bonchev–Trinajstić information content (AvgIpc) is 3.37. The van der Waals surface area contributed by atoms with Crippen molar-refractivity contribution in [2.24, 2.45) is 0 Å². The quantitative estimate of drug-likeness (QED) is 0.567. The number of imidazole rings is 1. The van der Waals surface area contributed by atoms with E-state index in [-0.39, 0.29) is 11.9 Å². The molecule has 3 aromatic heterocycles. The minimum absolute atomic E-state index is 0.0230. The Morgan fingerprint density at radius 2 is 2.23 bits per heavy atom. The Kier molecular flexibility index (Phi) is 4.53. The maximum Gasteiger partial charge on any atom is 0.273 e. The van der Waals surface area contributed by atoms with Crippen LogP contribution in [0, 0.1) is 0 Å². The van der Waals surface area contributed by atoms with Gasteiger partial charge in [0.25, 0.3) is 5.91 Å². The highest BCUT2D eigenvalue weighted by Crippen LogP contribution is 2.14. The molecule has 26 heavy (non-hydrogen) atoms. The first-order chi connectivity index (χ1) is 12.7. The van der Waals surface area contributed by atoms with Crippen molar-refractivity contribution in [3.63, 3.8) is 0 Å². The molecular weight excluding hydrogens is 348 g/mol. The molecule has 0 spiro atoms. The van der Waals surface area contributed by atoms with Crippen LogP contribution in [0.5, 0.6) is 0 Å². The summed E-state index contributed by atoms with van der Waals surface area (Å²) in [6.45, 7) is 2.41. The van der Waals surface area contributed by atoms with Gasteiger partial charge < -0.3 is 14.3 Å². The molecule has 1 aromatic carbocycles. The van der Waals surface area contributed by atoms with Crippen molar-refractivity contribution in [2.45, 2.75) is 25.9 Å². The van der Waals surface area contributed by atoms with Crippen LogP contribution in [-0.2, 0) is 13.0 Å². The number of hydrogen-bond donors (Lipinski definition) is 1. The molecule has 1 unspecified atom stereocenters. The average molecular weight is 366 g/mol. The maximum atomic E-state index is 12.4. The molecule has 0 radical (unpaired) electrons. The highest BCUT2D eigenvalue weighted by molar-refractivity contribution is 7.07. The van der Waals surface area contributed by atoms with Crippen LogP contribution in [0.1, 0.15) is 28.9 Å². The monoisotopic (exact) mass is 366 g/mol. The van der Waals surface area contributed by atoms with E-state index in [0.29, 0.717) is 18.1 Å². The van der Waals surface area contributed by atoms with E-state index in [9.17, 15) is 4.79 Å². The molecule has 0 saturated carbocycles. The molecule has 4 rings (SSSR count). The van der Waals surface area contributed by atoms with E-state index in [1.54, 1.807) is 17.7 Å². The van der Waals surface area contributed by atoms with Crippen LogP contribution in [0.25, 0.3) is 11.0 Å². The van der Waals surface area contributed by atoms with Crippen molar-refractivity contribution in [1.82, 2.24) is 19.9 Å². The lowest BCUT2D eigenvalue weighted by Gasteiger charge is -2.11. The van der Waals surface area contributed by atoms with Crippen LogP contribution in [0.15, 0.2) is 58.1 Å². The Labute approximate surface area is 154 Å². The highest BCUT2D eigenvalue weighted by atomic mass is 32.1. The number of oxazole rings is 1. The van der Waals surface area contributed by atoms with E-state index in [0.717, 1.165) is 17.5 Å². The lowest BCUT2D eigenvalue weighted by Crippen LogP contribution is -2.34. The minimum Gasteiger partial charge on any atom is -0.446 e. The summed E-state index contributed by atoms with van der Waals surface area (Å²) < 4.78 is 7.42. The second-order valence-corrected chi connectivity index (χ2v) is 6.98. The molecule has 0 fully saturated rings. The van der Waals surface area contributed by atoms with Crippen LogP contribution < -0.4 is 5.32 Å². The van der Waals surface area contributed by atoms with Crippen LogP contribution in [0.4, 0.5) is 0 Å². The normalized spacial score (nSPS) is 12.3. The third kappa shape index (κ3) is 3.52. The fourth-order valence-electron chi connectivity index (χ4n) is 2.88. The van der Waals surface area contributed by atoms with E-state index in [2.05, 4.69) is 26.7 Å². The van der Waals surface area contributed by atoms with Gasteiger partial charge in [0.15, 0.2) is 5.69 Å². The summed E-state index contributed by atoms with van der Waals surface area (Å²) in [5.74, 6) is 0.252. The lowest BCUT2D eigenvalue weighted by molar-refractivity contribution is 0.0935. The predicted octanol–water partition coefficient (Wildman–Crippen LogP) is 3.50. The van der Waals surface area contributed by atoms with Gasteiger partial charge in [0.2, 0.25) is 5.89 Å². The first-order valence-corrected chi connectivity index (χ1v) is 9.29. The third-order valence-corrected chi connectivity index (χ3v) is 4.85. The van der Waals surface area contributed by atoms with Gasteiger partial charge in [-0.05, 0) is 47.9 Å². The molecule has 3 heterocycles. The largest absolute Gasteiger partial charge is 0.446 e. The zero-order valence-corrected chi connectivity index (χ0v) is 15.1. The molecule has 132 valence electrons. The molecule has 1 atom stereocenters. The number of hydrogen-bond acceptors (Lipinski definition) is 5. The summed E-state index contributed by atoms with van der Waals surface area (Å²) in [6.07, 6.45) is 3.94. The summed E-state index contributed by atoms with van der Waals surface area (Å²) in [4.78, 5) is 21.0. The highest BCUT2D eigenvalue weighted by Gasteiger charge is 2.16. The number of carbonyl (C=O) groups is 1. The Morgan fingerprint density at radius 3 is 3.08 bits per heavy atom. The fourth-order valence-corrected chi connectivity index (χ4v) is 3.56. The smallest absolute Gasteiger partial charge is 0.273 e. The van der Waals surface area contributed by atoms with E-state index in [1.807, 2.05) is 41.1 Å². The van der Waals surface area contributed by atoms with Crippen LogP contribution in [0.3, 0.4) is 0 Å². The zero-order chi connectivity index (χ0) is 17.9. The van der Waals surface area contributed by atoms with Crippen molar-refractivity contribution >= 4 is 28.3 Å². The van der Waals surface area contributed by atoms with Crippen molar-refractivity contribution in [3.8, 4) is 0 Å². The summed E-state index contributed by atoms with van der Waals surface area (Å²) in [7, 11) is 0. The standard InChI is InChI=1S/C19H18N4O2S/c1-13(8-14-6-7-26-11-14)21-19(24)16-10-25-18(22-16)9-23-12-20-15-4-2-3-5-17(15)23/h2-7,10-13H,8-9H2,1H3,(H,21,24). The number of amides is 1. The van der Waals surface area contributed by atoms with Crippen molar-refractivity contribution < 1.29 is 9.21 Å². The Morgan fingerprint density at radius 1 is 1.35 bits per heavy atom. The van der Waals surface area contributed by atoms with Crippen molar-refractivity contribution in [2.75, 3.05) is 0 Å². The van der Waals surface area contributed by atoms with Crippen LogP contribution in [0.2, 0.25) is 0 Å². The summed E-state index contributed by atoms with van der Waals surface area (Å²) >= 11 is 1.66. The van der Waals surface area contributed by atoms with E-state index >= 15 is 0 Å². The fraction of sp³-hybridized carbons (Fsp3) is 0.211. The third-order valence-electron chi connectivity index (χ3n) is 4.12. The topological polar surface area (TPSA) is 73.0 Å². The van der Waals surface area contributed by atoms with Gasteiger partial charge in [0.1, 0.15) is 12.8 Å². The molecule has 6 nitrogen and oxygen atoms in total. The molecule has 4 aromatic rings. The van der Waals surface area contributed by atoms with Crippen LogP contribution >= 0.6 is 11.3 Å². The minimum atomic E-state index is -0.224. The van der Waals surface area contributed by atoms with Crippen molar-refractivity contribution in [1.29, 1.82) is 0 Å². The Hall–Kier alpha value is -2.93. The van der Waals surface area contributed by atoms with Gasteiger partial charge in [-0.15, -0.1) is 0 Å². The summed E-state index contributed by atoms with van der Waals surface area (Å²) in [5.41, 5.74) is 3.43. The molecule has 0 aliphatic heterocycles. The molecular formula is C19H18N4O2S. The number of carbonyl (C=O) groups excluding carboxylic acids is 1. The second kappa shape index (κ2) is 7.13. The molecule has 0 bridgehead atoms. The molecule has 0 saturated heterocycles. The number of thiophene rings is 1. The van der Waals surface area contributed by atoms with Crippen molar-refractivity contribution in [3.05, 3.63) is 70.8 Å². The molecule has 1 amide bonds. The summed E-state index contributed by atoms with van der Waals surface area (Å²) in [5, 5.41) is 7.09. The predicted molar refractivity (Wildman–Crippen MR) is 100 cm³/mol. The number of fused-ring (bicyclic) bond motifs is 1. The Bertz CT molecular complexity index is 1020. The molecule has 0 aliphatic rings. The molecule has 0 aliphatic carbocycles. The number of nitrogens with one attached hydrogen (secondary N) is 1. The van der Waals surface area contributed by atoms with E-state index in [1.165, 1.54) is 11.8 Å².